The minimum absolute atomic E-state index is 0.0528. The summed E-state index contributed by atoms with van der Waals surface area (Å²) in [6, 6.07) is 2.18. The molecule has 4 nitrogen and oxygen atoms in total. The maximum absolute atomic E-state index is 12.3. The molecular formula is C15H19N3OS. The van der Waals surface area contributed by atoms with Gasteiger partial charge < -0.3 is 9.88 Å². The van der Waals surface area contributed by atoms with Crippen LogP contribution in [0.1, 0.15) is 39.9 Å². The third-order valence-electron chi connectivity index (χ3n) is 3.64. The molecule has 0 bridgehead atoms. The molecule has 20 heavy (non-hydrogen) atoms. The van der Waals surface area contributed by atoms with Gasteiger partial charge in [0.05, 0.1) is 11.2 Å². The van der Waals surface area contributed by atoms with Gasteiger partial charge in [0.2, 0.25) is 0 Å². The lowest BCUT2D eigenvalue weighted by Crippen LogP contribution is -2.35. The summed E-state index contributed by atoms with van der Waals surface area (Å²) >= 11 is 1.66. The van der Waals surface area contributed by atoms with Crippen LogP contribution in [0.15, 0.2) is 24.8 Å². The number of aryl methyl sites for hydroxylation is 2. The standard InChI is InChI=1S/C15H19N3OS/c1-11(9-18-7-6-16-10-18)17-15(19)14-8-12-4-2-3-5-13(12)20-14/h6-8,10-11H,2-5,9H2,1H3,(H,17,19). The Bertz CT molecular complexity index is 565. The molecule has 0 spiro atoms. The third kappa shape index (κ3) is 2.93. The highest BCUT2D eigenvalue weighted by Crippen LogP contribution is 2.29. The number of fused-ring (bicyclic) bond motifs is 1. The third-order valence-corrected chi connectivity index (χ3v) is 4.88. The molecule has 106 valence electrons. The molecule has 5 heteroatoms. The van der Waals surface area contributed by atoms with Crippen molar-refractivity contribution in [3.8, 4) is 0 Å². The van der Waals surface area contributed by atoms with Gasteiger partial charge in [0.1, 0.15) is 0 Å². The second kappa shape index (κ2) is 5.79. The van der Waals surface area contributed by atoms with Gasteiger partial charge in [-0.15, -0.1) is 11.3 Å². The highest BCUT2D eigenvalue weighted by atomic mass is 32.1. The van der Waals surface area contributed by atoms with Crippen LogP contribution in [-0.2, 0) is 19.4 Å². The lowest BCUT2D eigenvalue weighted by molar-refractivity contribution is 0.0941. The van der Waals surface area contributed by atoms with E-state index < -0.39 is 0 Å². The highest BCUT2D eigenvalue weighted by molar-refractivity contribution is 7.14. The van der Waals surface area contributed by atoms with Gasteiger partial charge in [0, 0.05) is 29.9 Å². The SMILES string of the molecule is CC(Cn1ccnc1)NC(=O)c1cc2c(s1)CCCC2. The van der Waals surface area contributed by atoms with E-state index >= 15 is 0 Å². The molecule has 1 N–H and O–H groups in total. The largest absolute Gasteiger partial charge is 0.347 e. The number of nitrogens with zero attached hydrogens (tertiary/aromatic N) is 2. The van der Waals surface area contributed by atoms with E-state index in [1.807, 2.05) is 17.7 Å². The lowest BCUT2D eigenvalue weighted by Gasteiger charge is -2.13. The fourth-order valence-corrected chi connectivity index (χ4v) is 3.81. The van der Waals surface area contributed by atoms with E-state index in [1.165, 1.54) is 23.3 Å². The van der Waals surface area contributed by atoms with Crippen LogP contribution in [0.4, 0.5) is 0 Å². The Morgan fingerprint density at radius 1 is 1.50 bits per heavy atom. The minimum Gasteiger partial charge on any atom is -0.347 e. The van der Waals surface area contributed by atoms with E-state index in [0.717, 1.165) is 24.3 Å². The molecule has 0 saturated heterocycles. The molecule has 1 aliphatic carbocycles. The van der Waals surface area contributed by atoms with Crippen LogP contribution in [-0.4, -0.2) is 21.5 Å². The van der Waals surface area contributed by atoms with Crippen molar-refractivity contribution in [3.05, 3.63) is 40.1 Å². The number of rotatable bonds is 4. The second-order valence-corrected chi connectivity index (χ2v) is 6.54. The van der Waals surface area contributed by atoms with Gasteiger partial charge in [-0.05, 0) is 44.2 Å². The van der Waals surface area contributed by atoms with Gasteiger partial charge in [0.25, 0.3) is 5.91 Å². The van der Waals surface area contributed by atoms with Crippen LogP contribution in [0.5, 0.6) is 0 Å². The molecule has 2 aromatic rings. The van der Waals surface area contributed by atoms with Gasteiger partial charge in [-0.2, -0.15) is 0 Å². The van der Waals surface area contributed by atoms with E-state index in [2.05, 4.69) is 16.4 Å². The molecule has 2 heterocycles. The first-order valence-corrected chi connectivity index (χ1v) is 7.92. The summed E-state index contributed by atoms with van der Waals surface area (Å²) in [7, 11) is 0. The fourth-order valence-electron chi connectivity index (χ4n) is 2.65. The molecule has 1 amide bonds. The first-order valence-electron chi connectivity index (χ1n) is 7.10. The molecule has 1 aliphatic rings. The van der Waals surface area contributed by atoms with E-state index in [0.29, 0.717) is 0 Å². The average Bonchev–Trinajstić information content (AvgIpc) is 3.06. The van der Waals surface area contributed by atoms with E-state index in [9.17, 15) is 4.79 Å². The van der Waals surface area contributed by atoms with Crippen LogP contribution in [0, 0.1) is 0 Å². The van der Waals surface area contributed by atoms with Crippen molar-refractivity contribution in [2.24, 2.45) is 0 Å². The van der Waals surface area contributed by atoms with Gasteiger partial charge >= 0.3 is 0 Å². The Kier molecular flexibility index (Phi) is 3.87. The van der Waals surface area contributed by atoms with Crippen molar-refractivity contribution in [2.45, 2.75) is 45.2 Å². The molecule has 1 atom stereocenters. The van der Waals surface area contributed by atoms with Gasteiger partial charge in [-0.3, -0.25) is 4.79 Å². The van der Waals surface area contributed by atoms with Crippen molar-refractivity contribution in [3.63, 3.8) is 0 Å². The van der Waals surface area contributed by atoms with E-state index in [1.54, 1.807) is 23.9 Å². The van der Waals surface area contributed by atoms with E-state index in [4.69, 9.17) is 0 Å². The van der Waals surface area contributed by atoms with Crippen molar-refractivity contribution < 1.29 is 4.79 Å². The van der Waals surface area contributed by atoms with Crippen LogP contribution in [0.2, 0.25) is 0 Å². The molecular weight excluding hydrogens is 270 g/mol. The number of aromatic nitrogens is 2. The van der Waals surface area contributed by atoms with Gasteiger partial charge in [-0.25, -0.2) is 4.98 Å². The summed E-state index contributed by atoms with van der Waals surface area (Å²) in [4.78, 5) is 18.5. The summed E-state index contributed by atoms with van der Waals surface area (Å²) < 4.78 is 1.98. The van der Waals surface area contributed by atoms with Gasteiger partial charge in [-0.1, -0.05) is 0 Å². The predicted molar refractivity (Wildman–Crippen MR) is 80.1 cm³/mol. The zero-order valence-electron chi connectivity index (χ0n) is 11.6. The number of imidazole rings is 1. The highest BCUT2D eigenvalue weighted by Gasteiger charge is 2.18. The molecule has 0 radical (unpaired) electrons. The number of nitrogens with one attached hydrogen (secondary N) is 1. The quantitative estimate of drug-likeness (QED) is 0.940. The molecule has 0 aromatic carbocycles. The number of amides is 1. The second-order valence-electron chi connectivity index (χ2n) is 5.40. The van der Waals surface area contributed by atoms with Crippen LogP contribution >= 0.6 is 11.3 Å². The summed E-state index contributed by atoms with van der Waals surface area (Å²) in [5.74, 6) is 0.0528. The Balaban J connectivity index is 1.62. The van der Waals surface area contributed by atoms with Crippen LogP contribution in [0.25, 0.3) is 0 Å². The molecule has 0 fully saturated rings. The van der Waals surface area contributed by atoms with Gasteiger partial charge in [0.15, 0.2) is 0 Å². The minimum atomic E-state index is 0.0528. The summed E-state index contributed by atoms with van der Waals surface area (Å²) in [5.41, 5.74) is 1.38. The first kappa shape index (κ1) is 13.4. The smallest absolute Gasteiger partial charge is 0.261 e. The van der Waals surface area contributed by atoms with Crippen LogP contribution in [0.3, 0.4) is 0 Å². The topological polar surface area (TPSA) is 46.9 Å². The average molecular weight is 289 g/mol. The normalized spacial score (nSPS) is 15.7. The van der Waals surface area contributed by atoms with Crippen LogP contribution < -0.4 is 5.32 Å². The Labute approximate surface area is 122 Å². The molecule has 0 aliphatic heterocycles. The molecule has 1 unspecified atom stereocenters. The Hall–Kier alpha value is -1.62. The Morgan fingerprint density at radius 2 is 2.35 bits per heavy atom. The Morgan fingerprint density at radius 3 is 3.10 bits per heavy atom. The van der Waals surface area contributed by atoms with Crippen molar-refractivity contribution in [2.75, 3.05) is 0 Å². The zero-order valence-corrected chi connectivity index (χ0v) is 12.4. The molecule has 3 rings (SSSR count). The zero-order chi connectivity index (χ0) is 13.9. The maximum Gasteiger partial charge on any atom is 0.261 e. The monoisotopic (exact) mass is 289 g/mol. The van der Waals surface area contributed by atoms with Crippen molar-refractivity contribution in [1.82, 2.24) is 14.9 Å². The number of hydrogen-bond acceptors (Lipinski definition) is 3. The maximum atomic E-state index is 12.3. The number of thiophene rings is 1. The molecule has 0 saturated carbocycles. The lowest BCUT2D eigenvalue weighted by atomic mass is 9.99. The summed E-state index contributed by atoms with van der Waals surface area (Å²) in [5, 5.41) is 3.07. The first-order chi connectivity index (χ1) is 9.72. The number of hydrogen-bond donors (Lipinski definition) is 1. The number of carbonyl (C=O) groups is 1. The van der Waals surface area contributed by atoms with Crippen molar-refractivity contribution in [1.29, 1.82) is 0 Å². The number of carbonyl (C=O) groups excluding carboxylic acids is 1. The summed E-state index contributed by atoms with van der Waals surface area (Å²) in [6.45, 7) is 2.77. The van der Waals surface area contributed by atoms with Crippen molar-refractivity contribution >= 4 is 17.2 Å². The fraction of sp³-hybridized carbons (Fsp3) is 0.467. The van der Waals surface area contributed by atoms with E-state index in [-0.39, 0.29) is 11.9 Å². The molecule has 2 aromatic heterocycles. The summed E-state index contributed by atoms with van der Waals surface area (Å²) in [6.07, 6.45) is 10.2. The predicted octanol–water partition coefficient (Wildman–Crippen LogP) is 2.64.